The van der Waals surface area contributed by atoms with E-state index in [0.29, 0.717) is 17.9 Å². The summed E-state index contributed by atoms with van der Waals surface area (Å²) in [5, 5.41) is 0. The van der Waals surface area contributed by atoms with Crippen LogP contribution in [0.25, 0.3) is 0 Å². The van der Waals surface area contributed by atoms with Gasteiger partial charge in [-0.3, -0.25) is 0 Å². The van der Waals surface area contributed by atoms with Crippen molar-refractivity contribution in [2.45, 2.75) is 46.6 Å². The SMILES string of the molecule is CCCC(C)C(N)C(C)C. The molecule has 0 saturated heterocycles. The van der Waals surface area contributed by atoms with Gasteiger partial charge in [0.15, 0.2) is 0 Å². The van der Waals surface area contributed by atoms with E-state index in [1.165, 1.54) is 12.8 Å². The molecule has 0 aliphatic carbocycles. The van der Waals surface area contributed by atoms with Crippen LogP contribution in [0.1, 0.15) is 40.5 Å². The van der Waals surface area contributed by atoms with Crippen molar-refractivity contribution in [3.63, 3.8) is 0 Å². The molecular formula is C9H21N. The van der Waals surface area contributed by atoms with Gasteiger partial charge in [0, 0.05) is 6.04 Å². The van der Waals surface area contributed by atoms with E-state index in [1.54, 1.807) is 0 Å². The van der Waals surface area contributed by atoms with Crippen LogP contribution in [0.3, 0.4) is 0 Å². The van der Waals surface area contributed by atoms with Crippen LogP contribution in [0.5, 0.6) is 0 Å². The van der Waals surface area contributed by atoms with Crippen molar-refractivity contribution >= 4 is 0 Å². The van der Waals surface area contributed by atoms with Crippen molar-refractivity contribution in [3.05, 3.63) is 0 Å². The highest BCUT2D eigenvalue weighted by Gasteiger charge is 2.14. The largest absolute Gasteiger partial charge is 0.327 e. The van der Waals surface area contributed by atoms with Crippen LogP contribution < -0.4 is 5.73 Å². The minimum atomic E-state index is 0.389. The molecule has 0 radical (unpaired) electrons. The molecule has 0 aromatic heterocycles. The molecule has 2 atom stereocenters. The van der Waals surface area contributed by atoms with Crippen LogP contribution in [0.4, 0.5) is 0 Å². The van der Waals surface area contributed by atoms with Gasteiger partial charge < -0.3 is 5.73 Å². The highest BCUT2D eigenvalue weighted by atomic mass is 14.7. The molecule has 10 heavy (non-hydrogen) atoms. The Morgan fingerprint density at radius 2 is 1.70 bits per heavy atom. The molecule has 0 rings (SSSR count). The van der Waals surface area contributed by atoms with E-state index in [0.717, 1.165) is 0 Å². The van der Waals surface area contributed by atoms with E-state index in [1.807, 2.05) is 0 Å². The molecule has 0 aromatic rings. The minimum absolute atomic E-state index is 0.389. The van der Waals surface area contributed by atoms with Gasteiger partial charge in [-0.1, -0.05) is 34.1 Å². The predicted octanol–water partition coefficient (Wildman–Crippen LogP) is 2.41. The Labute approximate surface area is 65.0 Å². The van der Waals surface area contributed by atoms with E-state index in [4.69, 9.17) is 5.73 Å². The van der Waals surface area contributed by atoms with Crippen LogP contribution in [0.15, 0.2) is 0 Å². The molecule has 0 aliphatic rings. The second kappa shape index (κ2) is 4.73. The van der Waals surface area contributed by atoms with Crippen LogP contribution in [-0.2, 0) is 0 Å². The lowest BCUT2D eigenvalue weighted by molar-refractivity contribution is 0.344. The monoisotopic (exact) mass is 143 g/mol. The summed E-state index contributed by atoms with van der Waals surface area (Å²) in [6.45, 7) is 8.84. The molecule has 2 N–H and O–H groups in total. The van der Waals surface area contributed by atoms with Gasteiger partial charge in [0.1, 0.15) is 0 Å². The topological polar surface area (TPSA) is 26.0 Å². The Morgan fingerprint density at radius 1 is 1.20 bits per heavy atom. The molecule has 62 valence electrons. The molecule has 0 heterocycles. The zero-order valence-corrected chi connectivity index (χ0v) is 7.72. The number of nitrogens with two attached hydrogens (primary N) is 1. The van der Waals surface area contributed by atoms with Crippen molar-refractivity contribution < 1.29 is 0 Å². The Kier molecular flexibility index (Phi) is 4.71. The number of hydrogen-bond acceptors (Lipinski definition) is 1. The van der Waals surface area contributed by atoms with Crippen molar-refractivity contribution in [1.82, 2.24) is 0 Å². The van der Waals surface area contributed by atoms with E-state index < -0.39 is 0 Å². The average Bonchev–Trinajstić information content (AvgIpc) is 1.87. The average molecular weight is 143 g/mol. The van der Waals surface area contributed by atoms with Gasteiger partial charge in [0.2, 0.25) is 0 Å². The van der Waals surface area contributed by atoms with Crippen LogP contribution in [-0.4, -0.2) is 6.04 Å². The van der Waals surface area contributed by atoms with Crippen molar-refractivity contribution in [2.24, 2.45) is 17.6 Å². The van der Waals surface area contributed by atoms with Crippen LogP contribution >= 0.6 is 0 Å². The van der Waals surface area contributed by atoms with Gasteiger partial charge in [-0.2, -0.15) is 0 Å². The highest BCUT2D eigenvalue weighted by molar-refractivity contribution is 4.71. The summed E-state index contributed by atoms with van der Waals surface area (Å²) >= 11 is 0. The highest BCUT2D eigenvalue weighted by Crippen LogP contribution is 2.14. The van der Waals surface area contributed by atoms with Crippen molar-refractivity contribution in [3.8, 4) is 0 Å². The van der Waals surface area contributed by atoms with Gasteiger partial charge >= 0.3 is 0 Å². The Hall–Kier alpha value is -0.0400. The van der Waals surface area contributed by atoms with Gasteiger partial charge in [-0.25, -0.2) is 0 Å². The summed E-state index contributed by atoms with van der Waals surface area (Å²) in [4.78, 5) is 0. The lowest BCUT2D eigenvalue weighted by Gasteiger charge is -2.22. The number of hydrogen-bond donors (Lipinski definition) is 1. The van der Waals surface area contributed by atoms with Gasteiger partial charge in [0.05, 0.1) is 0 Å². The lowest BCUT2D eigenvalue weighted by atomic mass is 9.90. The quantitative estimate of drug-likeness (QED) is 0.642. The summed E-state index contributed by atoms with van der Waals surface area (Å²) in [5.41, 5.74) is 5.95. The third kappa shape index (κ3) is 3.21. The van der Waals surface area contributed by atoms with E-state index in [9.17, 15) is 0 Å². The molecule has 1 heteroatoms. The van der Waals surface area contributed by atoms with Crippen LogP contribution in [0.2, 0.25) is 0 Å². The van der Waals surface area contributed by atoms with Gasteiger partial charge in [-0.15, -0.1) is 0 Å². The molecule has 0 amide bonds. The first-order valence-electron chi connectivity index (χ1n) is 4.35. The third-order valence-corrected chi connectivity index (χ3v) is 2.17. The fourth-order valence-electron chi connectivity index (χ4n) is 1.30. The normalized spacial score (nSPS) is 17.4. The van der Waals surface area contributed by atoms with Crippen LogP contribution in [0, 0.1) is 11.8 Å². The number of rotatable bonds is 4. The summed E-state index contributed by atoms with van der Waals surface area (Å²) in [6, 6.07) is 0.389. The fraction of sp³-hybridized carbons (Fsp3) is 1.00. The summed E-state index contributed by atoms with van der Waals surface area (Å²) in [7, 11) is 0. The summed E-state index contributed by atoms with van der Waals surface area (Å²) in [5.74, 6) is 1.31. The first-order valence-corrected chi connectivity index (χ1v) is 4.35. The molecule has 0 bridgehead atoms. The molecule has 0 aromatic carbocycles. The van der Waals surface area contributed by atoms with E-state index >= 15 is 0 Å². The maximum Gasteiger partial charge on any atom is 0.00877 e. The van der Waals surface area contributed by atoms with Gasteiger partial charge in [-0.05, 0) is 18.3 Å². The maximum atomic E-state index is 5.95. The molecule has 0 fully saturated rings. The molecule has 0 aliphatic heterocycles. The Morgan fingerprint density at radius 3 is 2.00 bits per heavy atom. The smallest absolute Gasteiger partial charge is 0.00877 e. The fourth-order valence-corrected chi connectivity index (χ4v) is 1.30. The van der Waals surface area contributed by atoms with Crippen molar-refractivity contribution in [2.75, 3.05) is 0 Å². The summed E-state index contributed by atoms with van der Waals surface area (Å²) in [6.07, 6.45) is 2.51. The summed E-state index contributed by atoms with van der Waals surface area (Å²) < 4.78 is 0. The molecule has 0 spiro atoms. The zero-order chi connectivity index (χ0) is 8.15. The van der Waals surface area contributed by atoms with Gasteiger partial charge in [0.25, 0.3) is 0 Å². The third-order valence-electron chi connectivity index (χ3n) is 2.17. The lowest BCUT2D eigenvalue weighted by Crippen LogP contribution is -2.33. The molecular weight excluding hydrogens is 122 g/mol. The first kappa shape index (κ1) is 9.96. The molecule has 2 unspecified atom stereocenters. The van der Waals surface area contributed by atoms with Crippen molar-refractivity contribution in [1.29, 1.82) is 0 Å². The maximum absolute atomic E-state index is 5.95. The zero-order valence-electron chi connectivity index (χ0n) is 7.72. The second-order valence-corrected chi connectivity index (χ2v) is 3.59. The van der Waals surface area contributed by atoms with E-state index in [-0.39, 0.29) is 0 Å². The standard InChI is InChI=1S/C9H21N/c1-5-6-8(4)9(10)7(2)3/h7-9H,5-6,10H2,1-4H3. The predicted molar refractivity (Wildman–Crippen MR) is 46.9 cm³/mol. The van der Waals surface area contributed by atoms with E-state index in [2.05, 4.69) is 27.7 Å². The minimum Gasteiger partial charge on any atom is -0.327 e. The molecule has 1 nitrogen and oxygen atoms in total. The second-order valence-electron chi connectivity index (χ2n) is 3.59. The Balaban J connectivity index is 3.58. The Bertz CT molecular complexity index is 78.8. The first-order chi connectivity index (χ1) is 4.59. The molecule has 0 saturated carbocycles.